The average Bonchev–Trinajstić information content (AvgIpc) is 3.47. The van der Waals surface area contributed by atoms with E-state index in [1.165, 1.54) is 19.3 Å². The van der Waals surface area contributed by atoms with E-state index in [4.69, 9.17) is 10.8 Å². The van der Waals surface area contributed by atoms with Crippen LogP contribution in [0.4, 0.5) is 17.1 Å². The van der Waals surface area contributed by atoms with Crippen LogP contribution in [0.2, 0.25) is 0 Å². The van der Waals surface area contributed by atoms with Crippen molar-refractivity contribution in [2.45, 2.75) is 32.2 Å². The number of aromatic nitrogens is 3. The van der Waals surface area contributed by atoms with Crippen molar-refractivity contribution in [1.29, 1.82) is 0 Å². The molecular weight excluding hydrogens is 378 g/mol. The number of carboxylic acid groups (broad SMARTS) is 1. The van der Waals surface area contributed by atoms with Crippen LogP contribution in [0.3, 0.4) is 0 Å². The Balaban J connectivity index is 0.000000200. The Bertz CT molecular complexity index is 1140. The van der Waals surface area contributed by atoms with Crippen LogP contribution in [0.1, 0.15) is 24.0 Å². The van der Waals surface area contributed by atoms with Gasteiger partial charge in [-0.05, 0) is 48.6 Å². The molecule has 0 unspecified atom stereocenters. The molecule has 2 aromatic carbocycles. The van der Waals surface area contributed by atoms with Crippen LogP contribution >= 0.6 is 0 Å². The molecule has 154 valence electrons. The van der Waals surface area contributed by atoms with Gasteiger partial charge in [0.05, 0.1) is 24.8 Å². The summed E-state index contributed by atoms with van der Waals surface area (Å²) >= 11 is 0. The van der Waals surface area contributed by atoms with Crippen molar-refractivity contribution in [2.75, 3.05) is 11.1 Å². The summed E-state index contributed by atoms with van der Waals surface area (Å²) in [7, 11) is 0. The van der Waals surface area contributed by atoms with Gasteiger partial charge in [0.2, 0.25) is 0 Å². The molecule has 5 rings (SSSR count). The van der Waals surface area contributed by atoms with E-state index in [1.54, 1.807) is 28.2 Å². The molecule has 1 aliphatic rings. The number of nitrogens with zero attached hydrogens (tertiary/aromatic N) is 2. The average molecular weight is 403 g/mol. The smallest absolute Gasteiger partial charge is 0.305 e. The summed E-state index contributed by atoms with van der Waals surface area (Å²) in [5, 5.41) is 17.0. The largest absolute Gasteiger partial charge is 0.481 e. The van der Waals surface area contributed by atoms with Crippen LogP contribution in [0, 0.1) is 0 Å². The number of anilines is 3. The predicted octanol–water partition coefficient (Wildman–Crippen LogP) is 4.34. The van der Waals surface area contributed by atoms with Crippen molar-refractivity contribution in [3.8, 4) is 0 Å². The van der Waals surface area contributed by atoms with Crippen molar-refractivity contribution in [2.24, 2.45) is 0 Å². The topological polar surface area (TPSA) is 109 Å². The maximum atomic E-state index is 10.5. The quantitative estimate of drug-likeness (QED) is 0.371. The molecule has 0 spiro atoms. The van der Waals surface area contributed by atoms with Crippen LogP contribution in [0.25, 0.3) is 10.9 Å². The van der Waals surface area contributed by atoms with Crippen LogP contribution < -0.4 is 11.1 Å². The van der Waals surface area contributed by atoms with Gasteiger partial charge in [-0.3, -0.25) is 9.48 Å². The number of H-pyrrole nitrogens is 1. The lowest BCUT2D eigenvalue weighted by molar-refractivity contribution is -0.137. The van der Waals surface area contributed by atoms with Gasteiger partial charge in [0.15, 0.2) is 0 Å². The molecule has 0 atom stereocenters. The van der Waals surface area contributed by atoms with Gasteiger partial charge < -0.3 is 21.1 Å². The zero-order chi connectivity index (χ0) is 20.9. The number of benzene rings is 2. The summed E-state index contributed by atoms with van der Waals surface area (Å²) in [6.07, 6.45) is 9.26. The first-order chi connectivity index (χ1) is 14.6. The summed E-state index contributed by atoms with van der Waals surface area (Å²) in [5.41, 5.74) is 12.4. The highest BCUT2D eigenvalue weighted by Crippen LogP contribution is 2.27. The lowest BCUT2D eigenvalue weighted by Gasteiger charge is -2.06. The molecule has 0 aliphatic heterocycles. The van der Waals surface area contributed by atoms with Crippen LogP contribution in [0.5, 0.6) is 0 Å². The van der Waals surface area contributed by atoms with E-state index in [0.29, 0.717) is 12.2 Å². The van der Waals surface area contributed by atoms with Gasteiger partial charge in [0.25, 0.3) is 0 Å². The van der Waals surface area contributed by atoms with E-state index < -0.39 is 5.97 Å². The number of aromatic amines is 1. The molecule has 2 aromatic heterocycles. The Morgan fingerprint density at radius 1 is 1.17 bits per heavy atom. The molecule has 7 nitrogen and oxygen atoms in total. The molecule has 2 heterocycles. The molecule has 0 fully saturated rings. The molecule has 5 N–H and O–H groups in total. The van der Waals surface area contributed by atoms with Crippen LogP contribution in [-0.2, 0) is 24.2 Å². The van der Waals surface area contributed by atoms with Crippen LogP contribution in [-0.4, -0.2) is 25.8 Å². The zero-order valence-corrected chi connectivity index (χ0v) is 16.6. The lowest BCUT2D eigenvalue weighted by atomic mass is 10.1. The molecule has 0 amide bonds. The van der Waals surface area contributed by atoms with Gasteiger partial charge in [-0.1, -0.05) is 24.3 Å². The predicted molar refractivity (Wildman–Crippen MR) is 119 cm³/mol. The highest BCUT2D eigenvalue weighted by molar-refractivity contribution is 5.94. The van der Waals surface area contributed by atoms with Crippen LogP contribution in [0.15, 0.2) is 61.1 Å². The third-order valence-corrected chi connectivity index (χ3v) is 5.19. The number of fused-ring (bicyclic) bond motifs is 2. The third-order valence-electron chi connectivity index (χ3n) is 5.19. The maximum absolute atomic E-state index is 10.5. The summed E-state index contributed by atoms with van der Waals surface area (Å²) in [5.74, 6) is -0.843. The van der Waals surface area contributed by atoms with Gasteiger partial charge >= 0.3 is 5.97 Å². The van der Waals surface area contributed by atoms with Crippen molar-refractivity contribution in [3.05, 3.63) is 72.2 Å². The molecule has 0 saturated carbocycles. The van der Waals surface area contributed by atoms with E-state index in [-0.39, 0.29) is 6.42 Å². The minimum absolute atomic E-state index is 0.0441. The second-order valence-electron chi connectivity index (χ2n) is 7.39. The molecule has 30 heavy (non-hydrogen) atoms. The Kier molecular flexibility index (Phi) is 5.70. The first-order valence-corrected chi connectivity index (χ1v) is 10.0. The first kappa shape index (κ1) is 19.6. The lowest BCUT2D eigenvalue weighted by Crippen LogP contribution is -2.04. The fourth-order valence-corrected chi connectivity index (χ4v) is 3.71. The third kappa shape index (κ3) is 4.63. The first-order valence-electron chi connectivity index (χ1n) is 10.0. The summed E-state index contributed by atoms with van der Waals surface area (Å²) in [4.78, 5) is 13.7. The van der Waals surface area contributed by atoms with Crippen molar-refractivity contribution in [1.82, 2.24) is 14.8 Å². The van der Waals surface area contributed by atoms with Gasteiger partial charge in [-0.15, -0.1) is 0 Å². The summed E-state index contributed by atoms with van der Waals surface area (Å²) in [6, 6.07) is 14.5. The normalized spacial score (nSPS) is 12.3. The molecule has 0 bridgehead atoms. The standard InChI is InChI=1S/C14H15N5O2.C9H10/c15-12-5-9(6-13-11(12)1-3-16-13)18-10-7-17-19(8-10)4-2-14(20)21;1-2-5-9-7-3-6-8(9)4-1/h1,3,5-8,16,18H,2,4,15H2,(H,20,21);1-2,4-5H,3,6-7H2. The Morgan fingerprint density at radius 2 is 1.93 bits per heavy atom. The molecular formula is C23H25N5O2. The number of aryl methyl sites for hydroxylation is 3. The van der Waals surface area contributed by atoms with Crippen molar-refractivity contribution < 1.29 is 9.90 Å². The number of carboxylic acids is 1. The zero-order valence-electron chi connectivity index (χ0n) is 16.6. The summed E-state index contributed by atoms with van der Waals surface area (Å²) < 4.78 is 1.59. The van der Waals surface area contributed by atoms with E-state index in [0.717, 1.165) is 22.3 Å². The van der Waals surface area contributed by atoms with E-state index in [2.05, 4.69) is 39.7 Å². The Morgan fingerprint density at radius 3 is 2.67 bits per heavy atom. The second kappa shape index (κ2) is 8.73. The Hall–Kier alpha value is -3.74. The van der Waals surface area contributed by atoms with Gasteiger partial charge in [-0.2, -0.15) is 5.10 Å². The Labute approximate surface area is 174 Å². The summed E-state index contributed by atoms with van der Waals surface area (Å²) in [6.45, 7) is 0.342. The van der Waals surface area contributed by atoms with Gasteiger partial charge in [0.1, 0.15) is 0 Å². The monoisotopic (exact) mass is 403 g/mol. The number of hydrogen-bond donors (Lipinski definition) is 4. The highest BCUT2D eigenvalue weighted by atomic mass is 16.4. The SMILES string of the molecule is Nc1cc(Nc2cnn(CCC(=O)O)c2)cc2[nH]ccc12.c1ccc2c(c1)CCC2. The molecule has 7 heteroatoms. The highest BCUT2D eigenvalue weighted by Gasteiger charge is 2.07. The van der Waals surface area contributed by atoms with E-state index >= 15 is 0 Å². The van der Waals surface area contributed by atoms with Crippen molar-refractivity contribution in [3.63, 3.8) is 0 Å². The maximum Gasteiger partial charge on any atom is 0.305 e. The van der Waals surface area contributed by atoms with Gasteiger partial charge in [-0.25, -0.2) is 0 Å². The fraction of sp³-hybridized carbons (Fsp3) is 0.217. The number of aliphatic carboxylic acids is 1. The number of nitrogen functional groups attached to an aromatic ring is 1. The number of rotatable bonds is 5. The number of nitrogens with two attached hydrogens (primary N) is 1. The number of nitrogens with one attached hydrogen (secondary N) is 2. The molecule has 0 saturated heterocycles. The molecule has 1 aliphatic carbocycles. The minimum atomic E-state index is -0.843. The molecule has 4 aromatic rings. The van der Waals surface area contributed by atoms with Gasteiger partial charge in [0, 0.05) is 34.7 Å². The van der Waals surface area contributed by atoms with E-state index in [9.17, 15) is 4.79 Å². The number of hydrogen-bond acceptors (Lipinski definition) is 4. The van der Waals surface area contributed by atoms with E-state index in [1.807, 2.05) is 24.4 Å². The fourth-order valence-electron chi connectivity index (χ4n) is 3.71. The number of carbonyl (C=O) groups is 1. The molecule has 0 radical (unpaired) electrons. The minimum Gasteiger partial charge on any atom is -0.481 e. The second-order valence-corrected chi connectivity index (χ2v) is 7.39. The van der Waals surface area contributed by atoms with Crippen molar-refractivity contribution >= 4 is 33.9 Å².